The van der Waals surface area contributed by atoms with Crippen LogP contribution in [-0.4, -0.2) is 28.8 Å². The van der Waals surface area contributed by atoms with Gasteiger partial charge in [-0.25, -0.2) is 9.78 Å². The highest BCUT2D eigenvalue weighted by Gasteiger charge is 2.16. The summed E-state index contributed by atoms with van der Waals surface area (Å²) < 4.78 is 0. The molecule has 0 fully saturated rings. The quantitative estimate of drug-likeness (QED) is 0.718. The Hall–Kier alpha value is -1.14. The van der Waals surface area contributed by atoms with Crippen molar-refractivity contribution in [3.63, 3.8) is 0 Å². The van der Waals surface area contributed by atoms with Gasteiger partial charge in [0.1, 0.15) is 5.01 Å². The van der Waals surface area contributed by atoms with E-state index >= 15 is 0 Å². The van der Waals surface area contributed by atoms with Crippen LogP contribution in [0.2, 0.25) is 0 Å². The maximum atomic E-state index is 11.6. The fourth-order valence-electron chi connectivity index (χ4n) is 1.90. The van der Waals surface area contributed by atoms with Crippen molar-refractivity contribution in [1.82, 2.24) is 15.6 Å². The Bertz CT molecular complexity index is 391. The first-order valence-corrected chi connectivity index (χ1v) is 7.55. The molecule has 0 saturated carbocycles. The lowest BCUT2D eigenvalue weighted by Crippen LogP contribution is -2.41. The third kappa shape index (κ3) is 5.57. The number of aliphatic hydroxyl groups is 1. The lowest BCUT2D eigenvalue weighted by molar-refractivity contribution is 0.103. The fourth-order valence-corrected chi connectivity index (χ4v) is 2.61. The Morgan fingerprint density at radius 1 is 1.42 bits per heavy atom. The molecular formula is C13H23N3O2S. The molecule has 0 saturated heterocycles. The Labute approximate surface area is 118 Å². The topological polar surface area (TPSA) is 74.2 Å². The van der Waals surface area contributed by atoms with Crippen LogP contribution in [-0.2, 0) is 6.54 Å². The summed E-state index contributed by atoms with van der Waals surface area (Å²) in [5.41, 5.74) is 0.964. The molecular weight excluding hydrogens is 262 g/mol. The molecule has 0 radical (unpaired) electrons. The Morgan fingerprint density at radius 3 is 2.63 bits per heavy atom. The first-order valence-electron chi connectivity index (χ1n) is 6.67. The number of carbonyl (C=O) groups excluding carboxylic acids is 1. The first kappa shape index (κ1) is 15.9. The molecule has 0 bridgehead atoms. The Kier molecular flexibility index (Phi) is 6.80. The van der Waals surface area contributed by atoms with Crippen molar-refractivity contribution >= 4 is 17.4 Å². The van der Waals surface area contributed by atoms with E-state index in [0.717, 1.165) is 23.5 Å². The van der Waals surface area contributed by atoms with Gasteiger partial charge in [-0.3, -0.25) is 0 Å². The molecule has 19 heavy (non-hydrogen) atoms. The van der Waals surface area contributed by atoms with Gasteiger partial charge >= 0.3 is 6.03 Å². The number of hydrogen-bond acceptors (Lipinski definition) is 4. The van der Waals surface area contributed by atoms with Crippen LogP contribution in [0.4, 0.5) is 4.79 Å². The summed E-state index contributed by atoms with van der Waals surface area (Å²) in [6, 6.07) is -0.266. The number of amides is 2. The van der Waals surface area contributed by atoms with Crippen LogP contribution in [0.25, 0.3) is 0 Å². The van der Waals surface area contributed by atoms with Crippen molar-refractivity contribution in [2.24, 2.45) is 5.92 Å². The molecule has 1 unspecified atom stereocenters. The van der Waals surface area contributed by atoms with Crippen LogP contribution in [0.15, 0.2) is 5.38 Å². The number of carbonyl (C=O) groups is 1. The van der Waals surface area contributed by atoms with E-state index in [2.05, 4.69) is 15.6 Å². The fraction of sp³-hybridized carbons (Fsp3) is 0.692. The zero-order valence-corrected chi connectivity index (χ0v) is 12.6. The average Bonchev–Trinajstić information content (AvgIpc) is 2.81. The van der Waals surface area contributed by atoms with Crippen LogP contribution >= 0.6 is 11.3 Å². The van der Waals surface area contributed by atoms with Crippen molar-refractivity contribution in [1.29, 1.82) is 0 Å². The summed E-state index contributed by atoms with van der Waals surface area (Å²) in [5.74, 6) is 0.238. The molecule has 5 nitrogen and oxygen atoms in total. The SMILES string of the molecule is CCC(CC)C(O)CNC(=O)NCc1nc(C)cs1. The van der Waals surface area contributed by atoms with E-state index in [1.165, 1.54) is 11.3 Å². The van der Waals surface area contributed by atoms with Crippen LogP contribution in [0.5, 0.6) is 0 Å². The third-order valence-corrected chi connectivity index (χ3v) is 4.10. The van der Waals surface area contributed by atoms with Crippen LogP contribution in [0.1, 0.15) is 37.4 Å². The minimum absolute atomic E-state index is 0.238. The molecule has 1 atom stereocenters. The van der Waals surface area contributed by atoms with Gasteiger partial charge < -0.3 is 15.7 Å². The smallest absolute Gasteiger partial charge is 0.315 e. The van der Waals surface area contributed by atoms with E-state index < -0.39 is 6.10 Å². The van der Waals surface area contributed by atoms with Gasteiger partial charge in [-0.1, -0.05) is 26.7 Å². The highest BCUT2D eigenvalue weighted by Crippen LogP contribution is 2.12. The molecule has 0 aliphatic rings. The number of aryl methyl sites for hydroxylation is 1. The number of rotatable bonds is 7. The van der Waals surface area contributed by atoms with Gasteiger partial charge in [0.25, 0.3) is 0 Å². The molecule has 1 aromatic rings. The molecule has 1 rings (SSSR count). The van der Waals surface area contributed by atoms with Gasteiger partial charge in [0.15, 0.2) is 0 Å². The highest BCUT2D eigenvalue weighted by molar-refractivity contribution is 7.09. The number of aromatic nitrogens is 1. The number of nitrogens with zero attached hydrogens (tertiary/aromatic N) is 1. The predicted octanol–water partition coefficient (Wildman–Crippen LogP) is 2.05. The van der Waals surface area contributed by atoms with Gasteiger partial charge in [0, 0.05) is 17.6 Å². The van der Waals surface area contributed by atoms with Crippen molar-refractivity contribution in [3.8, 4) is 0 Å². The second kappa shape index (κ2) is 8.12. The van der Waals surface area contributed by atoms with Crippen LogP contribution < -0.4 is 10.6 Å². The van der Waals surface area contributed by atoms with E-state index in [0.29, 0.717) is 6.54 Å². The van der Waals surface area contributed by atoms with Crippen molar-refractivity contribution in [2.75, 3.05) is 6.54 Å². The second-order valence-electron chi connectivity index (χ2n) is 4.59. The minimum atomic E-state index is -0.483. The predicted molar refractivity (Wildman–Crippen MR) is 77.2 cm³/mol. The highest BCUT2D eigenvalue weighted by atomic mass is 32.1. The summed E-state index contributed by atoms with van der Waals surface area (Å²) >= 11 is 1.53. The normalized spacial score (nSPS) is 12.5. The van der Waals surface area contributed by atoms with Gasteiger partial charge in [-0.15, -0.1) is 11.3 Å². The van der Waals surface area contributed by atoms with Crippen molar-refractivity contribution in [2.45, 2.75) is 46.3 Å². The van der Waals surface area contributed by atoms with Crippen molar-refractivity contribution < 1.29 is 9.90 Å². The summed E-state index contributed by atoms with van der Waals surface area (Å²) in [6.07, 6.45) is 1.35. The molecule has 2 amide bonds. The Balaban J connectivity index is 2.24. The number of nitrogens with one attached hydrogen (secondary N) is 2. The summed E-state index contributed by atoms with van der Waals surface area (Å²) in [6.45, 7) is 6.72. The number of aliphatic hydroxyl groups excluding tert-OH is 1. The number of thiazole rings is 1. The standard InChI is InChI=1S/C13H23N3O2S/c1-4-10(5-2)11(17)6-14-13(18)15-7-12-16-9(3)8-19-12/h8,10-11,17H,4-7H2,1-3H3,(H2,14,15,18). The number of urea groups is 1. The maximum Gasteiger partial charge on any atom is 0.315 e. The molecule has 1 heterocycles. The van der Waals surface area contributed by atoms with E-state index in [4.69, 9.17) is 0 Å². The van der Waals surface area contributed by atoms with E-state index in [9.17, 15) is 9.90 Å². The van der Waals surface area contributed by atoms with Crippen LogP contribution in [0, 0.1) is 12.8 Å². The lowest BCUT2D eigenvalue weighted by Gasteiger charge is -2.20. The van der Waals surface area contributed by atoms with Gasteiger partial charge in [0.05, 0.1) is 12.6 Å². The second-order valence-corrected chi connectivity index (χ2v) is 5.53. The number of hydrogen-bond donors (Lipinski definition) is 3. The summed E-state index contributed by atoms with van der Waals surface area (Å²) in [4.78, 5) is 15.8. The van der Waals surface area contributed by atoms with Crippen LogP contribution in [0.3, 0.4) is 0 Å². The summed E-state index contributed by atoms with van der Waals surface area (Å²) in [7, 11) is 0. The average molecular weight is 285 g/mol. The molecule has 1 aromatic heterocycles. The third-order valence-electron chi connectivity index (χ3n) is 3.13. The van der Waals surface area contributed by atoms with E-state index in [1.807, 2.05) is 26.2 Å². The maximum absolute atomic E-state index is 11.6. The molecule has 6 heteroatoms. The summed E-state index contributed by atoms with van der Waals surface area (Å²) in [5, 5.41) is 18.1. The first-order chi connectivity index (χ1) is 9.06. The molecule has 0 aliphatic heterocycles. The van der Waals surface area contributed by atoms with Crippen molar-refractivity contribution in [3.05, 3.63) is 16.1 Å². The monoisotopic (exact) mass is 285 g/mol. The molecule has 0 aliphatic carbocycles. The zero-order valence-electron chi connectivity index (χ0n) is 11.8. The minimum Gasteiger partial charge on any atom is -0.391 e. The van der Waals surface area contributed by atoms with Gasteiger partial charge in [-0.2, -0.15) is 0 Å². The molecule has 3 N–H and O–H groups in total. The lowest BCUT2D eigenvalue weighted by atomic mass is 9.97. The molecule has 0 aromatic carbocycles. The van der Waals surface area contributed by atoms with E-state index in [1.54, 1.807) is 0 Å². The Morgan fingerprint density at radius 2 is 2.11 bits per heavy atom. The molecule has 0 spiro atoms. The molecule has 108 valence electrons. The largest absolute Gasteiger partial charge is 0.391 e. The van der Waals surface area contributed by atoms with Gasteiger partial charge in [0.2, 0.25) is 0 Å². The van der Waals surface area contributed by atoms with Gasteiger partial charge in [-0.05, 0) is 12.8 Å². The van der Waals surface area contributed by atoms with E-state index in [-0.39, 0.29) is 18.5 Å². The zero-order chi connectivity index (χ0) is 14.3.